The number of nitrogens with one attached hydrogen (secondary N) is 1. The van der Waals surface area contributed by atoms with E-state index in [-0.39, 0.29) is 24.1 Å². The standard InChI is InChI=1S/C15H20N2O2/c1-19-10-14(9-18)17-13-7-15(8-13,11-16)12-5-3-2-4-6-12/h2-6,13-14,17-18H,7-10H2,1H3. The van der Waals surface area contributed by atoms with Crippen molar-refractivity contribution in [1.82, 2.24) is 5.32 Å². The molecule has 1 unspecified atom stereocenters. The summed E-state index contributed by atoms with van der Waals surface area (Å²) in [6.07, 6.45) is 1.57. The number of nitrogens with zero attached hydrogens (tertiary/aromatic N) is 1. The second kappa shape index (κ2) is 6.16. The summed E-state index contributed by atoms with van der Waals surface area (Å²) in [6, 6.07) is 12.6. The molecular formula is C15H20N2O2. The normalized spacial score (nSPS) is 27.3. The first kappa shape index (κ1) is 14.0. The number of aliphatic hydroxyl groups excluding tert-OH is 1. The Morgan fingerprint density at radius 3 is 2.68 bits per heavy atom. The number of methoxy groups -OCH3 is 1. The van der Waals surface area contributed by atoms with Gasteiger partial charge in [0.2, 0.25) is 0 Å². The van der Waals surface area contributed by atoms with Crippen LogP contribution in [-0.2, 0) is 10.2 Å². The summed E-state index contributed by atoms with van der Waals surface area (Å²) >= 11 is 0. The van der Waals surface area contributed by atoms with E-state index < -0.39 is 0 Å². The Bertz CT molecular complexity index is 435. The van der Waals surface area contributed by atoms with Crippen molar-refractivity contribution in [1.29, 1.82) is 5.26 Å². The number of rotatable bonds is 6. The Labute approximate surface area is 114 Å². The summed E-state index contributed by atoms with van der Waals surface area (Å²) in [7, 11) is 1.62. The lowest BCUT2D eigenvalue weighted by atomic mass is 9.62. The molecule has 2 rings (SSSR count). The van der Waals surface area contributed by atoms with Crippen molar-refractivity contribution in [2.75, 3.05) is 20.3 Å². The Kier molecular flexibility index (Phi) is 4.54. The van der Waals surface area contributed by atoms with Crippen LogP contribution >= 0.6 is 0 Å². The highest BCUT2D eigenvalue weighted by Gasteiger charge is 2.46. The number of nitriles is 1. The zero-order valence-corrected chi connectivity index (χ0v) is 11.2. The molecule has 1 fully saturated rings. The molecule has 0 heterocycles. The van der Waals surface area contributed by atoms with Gasteiger partial charge in [0.05, 0.1) is 30.7 Å². The second-order valence-electron chi connectivity index (χ2n) is 5.17. The Morgan fingerprint density at radius 1 is 1.47 bits per heavy atom. The third-order valence-corrected chi connectivity index (χ3v) is 3.79. The molecule has 0 aromatic heterocycles. The lowest BCUT2D eigenvalue weighted by Crippen LogP contribution is -2.55. The van der Waals surface area contributed by atoms with Gasteiger partial charge in [0.25, 0.3) is 0 Å². The lowest BCUT2D eigenvalue weighted by Gasteiger charge is -2.44. The topological polar surface area (TPSA) is 65.3 Å². The summed E-state index contributed by atoms with van der Waals surface area (Å²) in [5.74, 6) is 0. The van der Waals surface area contributed by atoms with Crippen LogP contribution in [0.1, 0.15) is 18.4 Å². The fourth-order valence-electron chi connectivity index (χ4n) is 2.74. The van der Waals surface area contributed by atoms with Crippen molar-refractivity contribution in [2.45, 2.75) is 30.3 Å². The van der Waals surface area contributed by atoms with E-state index in [0.717, 1.165) is 18.4 Å². The highest BCUT2D eigenvalue weighted by atomic mass is 16.5. The largest absolute Gasteiger partial charge is 0.395 e. The van der Waals surface area contributed by atoms with Crippen LogP contribution in [0.5, 0.6) is 0 Å². The summed E-state index contributed by atoms with van der Waals surface area (Å²) in [4.78, 5) is 0. The molecule has 1 aliphatic carbocycles. The van der Waals surface area contributed by atoms with Crippen molar-refractivity contribution >= 4 is 0 Å². The molecule has 19 heavy (non-hydrogen) atoms. The van der Waals surface area contributed by atoms with E-state index in [1.54, 1.807) is 7.11 Å². The Morgan fingerprint density at radius 2 is 2.16 bits per heavy atom. The van der Waals surface area contributed by atoms with Crippen molar-refractivity contribution < 1.29 is 9.84 Å². The first-order valence-corrected chi connectivity index (χ1v) is 6.56. The third kappa shape index (κ3) is 2.95. The number of hydrogen-bond acceptors (Lipinski definition) is 4. The second-order valence-corrected chi connectivity index (χ2v) is 5.17. The molecule has 0 saturated heterocycles. The molecule has 1 aromatic rings. The first-order chi connectivity index (χ1) is 9.24. The SMILES string of the molecule is COCC(CO)NC1CC(C#N)(c2ccccc2)C1. The molecule has 4 heteroatoms. The maximum absolute atomic E-state index is 9.45. The van der Waals surface area contributed by atoms with E-state index in [0.29, 0.717) is 6.61 Å². The number of ether oxygens (including phenoxy) is 1. The molecule has 4 nitrogen and oxygen atoms in total. The predicted octanol–water partition coefficient (Wildman–Crippen LogP) is 1.21. The van der Waals surface area contributed by atoms with Crippen LogP contribution < -0.4 is 5.32 Å². The molecule has 102 valence electrons. The van der Waals surface area contributed by atoms with Gasteiger partial charge < -0.3 is 15.2 Å². The number of benzene rings is 1. The van der Waals surface area contributed by atoms with Gasteiger partial charge in [-0.3, -0.25) is 0 Å². The zero-order valence-electron chi connectivity index (χ0n) is 11.2. The molecule has 1 saturated carbocycles. The van der Waals surface area contributed by atoms with E-state index in [1.165, 1.54) is 0 Å². The van der Waals surface area contributed by atoms with Gasteiger partial charge in [0.1, 0.15) is 0 Å². The van der Waals surface area contributed by atoms with Crippen LogP contribution in [0.2, 0.25) is 0 Å². The van der Waals surface area contributed by atoms with Gasteiger partial charge in [0.15, 0.2) is 0 Å². The minimum absolute atomic E-state index is 0.0508. The molecule has 0 amide bonds. The third-order valence-electron chi connectivity index (χ3n) is 3.79. The van der Waals surface area contributed by atoms with Crippen LogP contribution in [0.3, 0.4) is 0 Å². The molecule has 1 aromatic carbocycles. The van der Waals surface area contributed by atoms with Crippen molar-refractivity contribution in [3.05, 3.63) is 35.9 Å². The average molecular weight is 260 g/mol. The molecular weight excluding hydrogens is 240 g/mol. The fourth-order valence-corrected chi connectivity index (χ4v) is 2.74. The van der Waals surface area contributed by atoms with Crippen molar-refractivity contribution in [2.24, 2.45) is 0 Å². The van der Waals surface area contributed by atoms with E-state index in [9.17, 15) is 10.4 Å². The highest BCUT2D eigenvalue weighted by Crippen LogP contribution is 2.43. The van der Waals surface area contributed by atoms with Crippen LogP contribution in [0.4, 0.5) is 0 Å². The maximum atomic E-state index is 9.45. The van der Waals surface area contributed by atoms with Gasteiger partial charge in [-0.15, -0.1) is 0 Å². The molecule has 0 radical (unpaired) electrons. The molecule has 1 aliphatic rings. The maximum Gasteiger partial charge on any atom is 0.0852 e. The first-order valence-electron chi connectivity index (χ1n) is 6.56. The van der Waals surface area contributed by atoms with Gasteiger partial charge in [-0.2, -0.15) is 5.26 Å². The quantitative estimate of drug-likeness (QED) is 0.807. The smallest absolute Gasteiger partial charge is 0.0852 e. The van der Waals surface area contributed by atoms with Crippen molar-refractivity contribution in [3.63, 3.8) is 0 Å². The monoisotopic (exact) mass is 260 g/mol. The summed E-state index contributed by atoms with van der Waals surface area (Å²) in [5.41, 5.74) is 0.717. The van der Waals surface area contributed by atoms with E-state index in [2.05, 4.69) is 11.4 Å². The fraction of sp³-hybridized carbons (Fsp3) is 0.533. The minimum Gasteiger partial charge on any atom is -0.395 e. The highest BCUT2D eigenvalue weighted by molar-refractivity contribution is 5.36. The molecule has 0 spiro atoms. The van der Waals surface area contributed by atoms with Gasteiger partial charge >= 0.3 is 0 Å². The summed E-state index contributed by atoms with van der Waals surface area (Å²) in [6.45, 7) is 0.535. The minimum atomic E-state index is -0.369. The Hall–Kier alpha value is -1.41. The molecule has 0 bridgehead atoms. The zero-order chi connectivity index (χ0) is 13.7. The summed E-state index contributed by atoms with van der Waals surface area (Å²) < 4.78 is 5.04. The average Bonchev–Trinajstić information content (AvgIpc) is 2.42. The van der Waals surface area contributed by atoms with Crippen LogP contribution in [-0.4, -0.2) is 37.5 Å². The van der Waals surface area contributed by atoms with Crippen LogP contribution in [0.25, 0.3) is 0 Å². The molecule has 1 atom stereocenters. The van der Waals surface area contributed by atoms with Gasteiger partial charge in [0, 0.05) is 13.2 Å². The van der Waals surface area contributed by atoms with Crippen LogP contribution in [0, 0.1) is 11.3 Å². The molecule has 2 N–H and O–H groups in total. The van der Waals surface area contributed by atoms with E-state index in [1.807, 2.05) is 30.3 Å². The lowest BCUT2D eigenvalue weighted by molar-refractivity contribution is 0.102. The van der Waals surface area contributed by atoms with E-state index >= 15 is 0 Å². The predicted molar refractivity (Wildman–Crippen MR) is 72.6 cm³/mol. The van der Waals surface area contributed by atoms with E-state index in [4.69, 9.17) is 4.74 Å². The summed E-state index contributed by atoms with van der Waals surface area (Å²) in [5, 5.41) is 22.0. The molecule has 0 aliphatic heterocycles. The van der Waals surface area contributed by atoms with Gasteiger partial charge in [-0.05, 0) is 18.4 Å². The number of hydrogen-bond donors (Lipinski definition) is 2. The number of aliphatic hydroxyl groups is 1. The van der Waals surface area contributed by atoms with Gasteiger partial charge in [-0.1, -0.05) is 30.3 Å². The van der Waals surface area contributed by atoms with Crippen molar-refractivity contribution in [3.8, 4) is 6.07 Å². The van der Waals surface area contributed by atoms with Gasteiger partial charge in [-0.25, -0.2) is 0 Å². The Balaban J connectivity index is 1.95. The van der Waals surface area contributed by atoms with Crippen LogP contribution in [0.15, 0.2) is 30.3 Å².